The van der Waals surface area contributed by atoms with Gasteiger partial charge < -0.3 is 26.3 Å². The van der Waals surface area contributed by atoms with E-state index in [9.17, 15) is 14.4 Å². The second kappa shape index (κ2) is 8.34. The van der Waals surface area contributed by atoms with E-state index in [-0.39, 0.29) is 28.5 Å². The topological polar surface area (TPSA) is 134 Å². The molecule has 0 aliphatic carbocycles. The SMILES string of the molecule is C=C(N)C(=O)Nc1ccc(OC(=O)c2ccc(OC(=O)C(=C)N)cc2)cc1. The summed E-state index contributed by atoms with van der Waals surface area (Å²) in [5.74, 6) is -1.40. The highest BCUT2D eigenvalue weighted by Gasteiger charge is 2.11. The van der Waals surface area contributed by atoms with Crippen molar-refractivity contribution in [2.45, 2.75) is 0 Å². The summed E-state index contributed by atoms with van der Waals surface area (Å²) in [7, 11) is 0. The number of rotatable bonds is 6. The first-order valence-electron chi connectivity index (χ1n) is 7.61. The van der Waals surface area contributed by atoms with Gasteiger partial charge in [-0.15, -0.1) is 0 Å². The van der Waals surface area contributed by atoms with Crippen LogP contribution >= 0.6 is 0 Å². The van der Waals surface area contributed by atoms with Crippen LogP contribution in [0.5, 0.6) is 11.5 Å². The van der Waals surface area contributed by atoms with Crippen molar-refractivity contribution >= 4 is 23.5 Å². The Kier molecular flexibility index (Phi) is 5.95. The molecule has 0 saturated carbocycles. The lowest BCUT2D eigenvalue weighted by Gasteiger charge is -2.08. The van der Waals surface area contributed by atoms with Crippen LogP contribution in [0.15, 0.2) is 73.1 Å². The van der Waals surface area contributed by atoms with Crippen LogP contribution in [0.1, 0.15) is 10.4 Å². The van der Waals surface area contributed by atoms with E-state index in [1.165, 1.54) is 36.4 Å². The second-order valence-electron chi connectivity index (χ2n) is 5.33. The molecular weight excluding hydrogens is 350 g/mol. The third kappa shape index (κ3) is 5.46. The Morgan fingerprint density at radius 1 is 0.778 bits per heavy atom. The fourth-order valence-corrected chi connectivity index (χ4v) is 1.82. The molecule has 2 aromatic carbocycles. The number of carbonyl (C=O) groups excluding carboxylic acids is 3. The number of benzene rings is 2. The van der Waals surface area contributed by atoms with Gasteiger partial charge >= 0.3 is 11.9 Å². The molecule has 0 aromatic heterocycles. The number of nitrogens with two attached hydrogens (primary N) is 2. The van der Waals surface area contributed by atoms with E-state index >= 15 is 0 Å². The van der Waals surface area contributed by atoms with Crippen LogP contribution in [-0.4, -0.2) is 17.8 Å². The van der Waals surface area contributed by atoms with Gasteiger partial charge in [0.05, 0.1) is 11.3 Å². The molecule has 0 fully saturated rings. The van der Waals surface area contributed by atoms with E-state index < -0.39 is 17.8 Å². The molecule has 138 valence electrons. The summed E-state index contributed by atoms with van der Waals surface area (Å²) in [4.78, 5) is 34.9. The Morgan fingerprint density at radius 3 is 1.81 bits per heavy atom. The second-order valence-corrected chi connectivity index (χ2v) is 5.33. The summed E-state index contributed by atoms with van der Waals surface area (Å²) in [5, 5.41) is 2.52. The van der Waals surface area contributed by atoms with E-state index in [1.54, 1.807) is 12.1 Å². The van der Waals surface area contributed by atoms with Crippen LogP contribution in [0.25, 0.3) is 0 Å². The molecular formula is C19H17N3O5. The molecule has 0 spiro atoms. The lowest BCUT2D eigenvalue weighted by atomic mass is 10.2. The van der Waals surface area contributed by atoms with Crippen molar-refractivity contribution in [2.75, 3.05) is 5.32 Å². The minimum absolute atomic E-state index is 0.115. The molecule has 8 nitrogen and oxygen atoms in total. The van der Waals surface area contributed by atoms with Crippen molar-refractivity contribution in [2.24, 2.45) is 11.5 Å². The van der Waals surface area contributed by atoms with Crippen molar-refractivity contribution in [3.8, 4) is 11.5 Å². The number of ether oxygens (including phenoxy) is 2. The maximum Gasteiger partial charge on any atom is 0.358 e. The maximum atomic E-state index is 12.1. The first kappa shape index (κ1) is 19.3. The molecule has 0 saturated heterocycles. The number of anilines is 1. The molecule has 2 aromatic rings. The molecule has 0 bridgehead atoms. The zero-order valence-electron chi connectivity index (χ0n) is 14.2. The van der Waals surface area contributed by atoms with Gasteiger partial charge in [0.15, 0.2) is 0 Å². The number of carbonyl (C=O) groups is 3. The van der Waals surface area contributed by atoms with Gasteiger partial charge in [0.1, 0.15) is 17.2 Å². The minimum atomic E-state index is -0.768. The van der Waals surface area contributed by atoms with Crippen molar-refractivity contribution in [3.05, 3.63) is 78.6 Å². The van der Waals surface area contributed by atoms with Crippen LogP contribution in [0.4, 0.5) is 5.69 Å². The number of nitrogens with one attached hydrogen (secondary N) is 1. The standard InChI is InChI=1S/C19H17N3O5/c1-11(20)17(23)22-14-5-9-16(10-6-14)27-19(25)13-3-7-15(8-4-13)26-18(24)12(2)21/h3-10H,1-2,20-21H2,(H,22,23). The molecule has 0 aliphatic rings. The van der Waals surface area contributed by atoms with Crippen LogP contribution in [-0.2, 0) is 9.59 Å². The summed E-state index contributed by atoms with van der Waals surface area (Å²) in [6, 6.07) is 11.8. The van der Waals surface area contributed by atoms with Crippen LogP contribution in [0.3, 0.4) is 0 Å². The third-order valence-corrected chi connectivity index (χ3v) is 3.18. The highest BCUT2D eigenvalue weighted by atomic mass is 16.5. The molecule has 0 heterocycles. The Balaban J connectivity index is 1.98. The number of esters is 2. The summed E-state index contributed by atoms with van der Waals surface area (Å²) in [5.41, 5.74) is 10.9. The van der Waals surface area contributed by atoms with Gasteiger partial charge in [-0.1, -0.05) is 13.2 Å². The fraction of sp³-hybridized carbons (Fsp3) is 0. The van der Waals surface area contributed by atoms with Gasteiger partial charge in [0.2, 0.25) is 0 Å². The predicted molar refractivity (Wildman–Crippen MR) is 98.8 cm³/mol. The maximum absolute atomic E-state index is 12.1. The molecule has 0 atom stereocenters. The Hall–Kier alpha value is -4.07. The van der Waals surface area contributed by atoms with E-state index in [2.05, 4.69) is 18.5 Å². The van der Waals surface area contributed by atoms with Crippen LogP contribution in [0, 0.1) is 0 Å². The van der Waals surface area contributed by atoms with Gasteiger partial charge in [-0.3, -0.25) is 4.79 Å². The Labute approximate surface area is 155 Å². The largest absolute Gasteiger partial charge is 0.423 e. The van der Waals surface area contributed by atoms with Crippen LogP contribution in [0.2, 0.25) is 0 Å². The van der Waals surface area contributed by atoms with E-state index in [0.29, 0.717) is 5.69 Å². The fourth-order valence-electron chi connectivity index (χ4n) is 1.82. The van der Waals surface area contributed by atoms with Gasteiger partial charge in [-0.2, -0.15) is 0 Å². The lowest BCUT2D eigenvalue weighted by molar-refractivity contribution is -0.130. The normalized spacial score (nSPS) is 9.78. The first-order valence-corrected chi connectivity index (χ1v) is 7.61. The lowest BCUT2D eigenvalue weighted by Crippen LogP contribution is -2.18. The molecule has 2 rings (SSSR count). The quantitative estimate of drug-likeness (QED) is 0.402. The summed E-state index contributed by atoms with van der Waals surface area (Å²) in [6.07, 6.45) is 0. The zero-order chi connectivity index (χ0) is 20.0. The molecule has 0 radical (unpaired) electrons. The van der Waals surface area contributed by atoms with Crippen molar-refractivity contribution < 1.29 is 23.9 Å². The summed E-state index contributed by atoms with van der Waals surface area (Å²) in [6.45, 7) is 6.60. The van der Waals surface area contributed by atoms with Crippen molar-refractivity contribution in [1.29, 1.82) is 0 Å². The average Bonchev–Trinajstić information content (AvgIpc) is 2.63. The van der Waals surface area contributed by atoms with Crippen molar-refractivity contribution in [1.82, 2.24) is 0 Å². The first-order chi connectivity index (χ1) is 12.8. The Morgan fingerprint density at radius 2 is 1.30 bits per heavy atom. The highest BCUT2D eigenvalue weighted by molar-refractivity contribution is 6.02. The molecule has 5 N–H and O–H groups in total. The predicted octanol–water partition coefficient (Wildman–Crippen LogP) is 1.69. The molecule has 27 heavy (non-hydrogen) atoms. The number of amides is 1. The number of hydrogen-bond acceptors (Lipinski definition) is 7. The van der Waals surface area contributed by atoms with Gasteiger partial charge in [0, 0.05) is 5.69 Å². The van der Waals surface area contributed by atoms with E-state index in [4.69, 9.17) is 20.9 Å². The van der Waals surface area contributed by atoms with Gasteiger partial charge in [0.25, 0.3) is 5.91 Å². The summed E-state index contributed by atoms with van der Waals surface area (Å²) >= 11 is 0. The Bertz CT molecular complexity index is 902. The van der Waals surface area contributed by atoms with Crippen LogP contribution < -0.4 is 26.3 Å². The van der Waals surface area contributed by atoms with E-state index in [1.807, 2.05) is 0 Å². The molecule has 0 aliphatic heterocycles. The number of hydrogen-bond donors (Lipinski definition) is 3. The molecule has 1 amide bonds. The summed E-state index contributed by atoms with van der Waals surface area (Å²) < 4.78 is 10.2. The minimum Gasteiger partial charge on any atom is -0.423 e. The molecule has 8 heteroatoms. The van der Waals surface area contributed by atoms with E-state index in [0.717, 1.165) is 0 Å². The zero-order valence-corrected chi connectivity index (χ0v) is 14.2. The smallest absolute Gasteiger partial charge is 0.358 e. The van der Waals surface area contributed by atoms with Gasteiger partial charge in [-0.05, 0) is 48.5 Å². The van der Waals surface area contributed by atoms with Crippen molar-refractivity contribution in [3.63, 3.8) is 0 Å². The molecule has 0 unspecified atom stereocenters. The monoisotopic (exact) mass is 367 g/mol. The third-order valence-electron chi connectivity index (χ3n) is 3.18. The average molecular weight is 367 g/mol. The van der Waals surface area contributed by atoms with Gasteiger partial charge in [-0.25, -0.2) is 9.59 Å². The highest BCUT2D eigenvalue weighted by Crippen LogP contribution is 2.19.